The molecule has 1 saturated heterocycles. The topological polar surface area (TPSA) is 54.4 Å². The summed E-state index contributed by atoms with van der Waals surface area (Å²) in [6.07, 6.45) is 5.29. The number of hydrogen-bond donors (Lipinski definition) is 1. The van der Waals surface area contributed by atoms with Gasteiger partial charge in [-0.15, -0.1) is 0 Å². The van der Waals surface area contributed by atoms with Crippen molar-refractivity contribution in [1.29, 1.82) is 0 Å². The van der Waals surface area contributed by atoms with Crippen LogP contribution in [-0.2, 0) is 16.7 Å². The second-order valence-corrected chi connectivity index (χ2v) is 9.39. The maximum absolute atomic E-state index is 10.2. The lowest BCUT2D eigenvalue weighted by atomic mass is 9.69. The number of ether oxygens (including phenoxy) is 3. The Morgan fingerprint density at radius 1 is 1.24 bits per heavy atom. The molecule has 0 aromatic heterocycles. The Hall–Kier alpha value is -1.12. The zero-order chi connectivity index (χ0) is 20.0. The summed E-state index contributed by atoms with van der Waals surface area (Å²) in [4.78, 5) is 5.06. The number of nitrogens with zero attached hydrogens (tertiary/aromatic N) is 2. The normalized spacial score (nSPS) is 31.7. The average Bonchev–Trinajstić information content (AvgIpc) is 2.96. The van der Waals surface area contributed by atoms with Gasteiger partial charge in [0.2, 0.25) is 0 Å². The molecule has 5 rings (SSSR count). The number of benzene rings is 1. The second-order valence-electron chi connectivity index (χ2n) is 8.53. The zero-order valence-corrected chi connectivity index (χ0v) is 18.5. The van der Waals surface area contributed by atoms with Gasteiger partial charge in [-0.05, 0) is 24.6 Å². The summed E-state index contributed by atoms with van der Waals surface area (Å²) in [5.74, 6) is 1.64. The van der Waals surface area contributed by atoms with E-state index in [1.165, 1.54) is 11.1 Å². The molecule has 7 heteroatoms. The number of methoxy groups -OCH3 is 1. The van der Waals surface area contributed by atoms with Crippen LogP contribution in [0.3, 0.4) is 0 Å². The van der Waals surface area contributed by atoms with E-state index in [0.29, 0.717) is 6.42 Å². The molecule has 6 nitrogen and oxygen atoms in total. The summed E-state index contributed by atoms with van der Waals surface area (Å²) >= 11 is 3.82. The van der Waals surface area contributed by atoms with Gasteiger partial charge >= 0.3 is 0 Å². The van der Waals surface area contributed by atoms with Crippen molar-refractivity contribution in [2.45, 2.75) is 37.0 Å². The minimum atomic E-state index is -0.446. The van der Waals surface area contributed by atoms with Crippen LogP contribution in [-0.4, -0.2) is 80.2 Å². The lowest BCUT2D eigenvalue weighted by molar-refractivity contribution is 0.0322. The molecule has 158 valence electrons. The van der Waals surface area contributed by atoms with E-state index in [0.717, 1.165) is 74.9 Å². The van der Waals surface area contributed by atoms with Gasteiger partial charge in [-0.2, -0.15) is 0 Å². The Morgan fingerprint density at radius 3 is 2.83 bits per heavy atom. The molecule has 1 aromatic carbocycles. The lowest BCUT2D eigenvalue weighted by Gasteiger charge is -2.36. The van der Waals surface area contributed by atoms with E-state index < -0.39 is 6.10 Å². The molecule has 0 bridgehead atoms. The fraction of sp³-hybridized carbons (Fsp3) is 0.636. The Morgan fingerprint density at radius 2 is 2.03 bits per heavy atom. The molecule has 3 atom stereocenters. The second kappa shape index (κ2) is 7.85. The van der Waals surface area contributed by atoms with Gasteiger partial charge in [0.1, 0.15) is 6.10 Å². The van der Waals surface area contributed by atoms with E-state index >= 15 is 0 Å². The van der Waals surface area contributed by atoms with E-state index in [9.17, 15) is 5.11 Å². The minimum Gasteiger partial charge on any atom is -0.493 e. The first-order valence-corrected chi connectivity index (χ1v) is 11.4. The van der Waals surface area contributed by atoms with Gasteiger partial charge in [0.25, 0.3) is 0 Å². The predicted molar refractivity (Wildman–Crippen MR) is 114 cm³/mol. The van der Waals surface area contributed by atoms with Crippen molar-refractivity contribution in [2.75, 3.05) is 53.0 Å². The minimum absolute atomic E-state index is 0.0429. The largest absolute Gasteiger partial charge is 0.493 e. The zero-order valence-electron chi connectivity index (χ0n) is 16.9. The summed E-state index contributed by atoms with van der Waals surface area (Å²) in [5.41, 5.74) is 2.36. The van der Waals surface area contributed by atoms with Crippen LogP contribution in [0.4, 0.5) is 0 Å². The highest BCUT2D eigenvalue weighted by Gasteiger charge is 2.53. The van der Waals surface area contributed by atoms with Crippen molar-refractivity contribution in [3.63, 3.8) is 0 Å². The predicted octanol–water partition coefficient (Wildman–Crippen LogP) is 2.32. The van der Waals surface area contributed by atoms with E-state index in [1.54, 1.807) is 7.11 Å². The molecule has 29 heavy (non-hydrogen) atoms. The summed E-state index contributed by atoms with van der Waals surface area (Å²) in [6, 6.07) is 2.03. The van der Waals surface area contributed by atoms with Crippen LogP contribution < -0.4 is 9.47 Å². The average molecular weight is 465 g/mol. The molecule has 1 aromatic rings. The first-order chi connectivity index (χ1) is 14.1. The highest BCUT2D eigenvalue weighted by molar-refractivity contribution is 9.10. The van der Waals surface area contributed by atoms with E-state index in [2.05, 4.69) is 31.8 Å². The van der Waals surface area contributed by atoms with Crippen LogP contribution in [0, 0.1) is 0 Å². The standard InChI is InChI=1S/C22H29BrN2O4/c1-27-18-13-17(23)16-14-25(7-6-24-8-10-28-11-9-24)5-4-22-3-2-15(26)12-19(22)29-21(18)20(16)22/h2-3,13,15,19,26H,4-12,14H2,1H3/t15-,19-,22-/m1/s1. The third-order valence-corrected chi connectivity index (χ3v) is 7.66. The number of aliphatic hydroxyl groups is 1. The lowest BCUT2D eigenvalue weighted by Crippen LogP contribution is -2.44. The molecule has 1 aliphatic carbocycles. The van der Waals surface area contributed by atoms with Crippen LogP contribution in [0.25, 0.3) is 0 Å². The van der Waals surface area contributed by atoms with Gasteiger partial charge in [0.05, 0.1) is 31.8 Å². The smallest absolute Gasteiger partial charge is 0.166 e. The van der Waals surface area contributed by atoms with Crippen molar-refractivity contribution in [2.24, 2.45) is 0 Å². The van der Waals surface area contributed by atoms with Crippen molar-refractivity contribution >= 4 is 15.9 Å². The van der Waals surface area contributed by atoms with Crippen molar-refractivity contribution < 1.29 is 19.3 Å². The first kappa shape index (κ1) is 19.8. The molecular weight excluding hydrogens is 436 g/mol. The van der Waals surface area contributed by atoms with Crippen molar-refractivity contribution in [3.05, 3.63) is 33.8 Å². The van der Waals surface area contributed by atoms with Gasteiger partial charge in [0, 0.05) is 49.2 Å². The molecule has 0 saturated carbocycles. The number of rotatable bonds is 4. The summed E-state index contributed by atoms with van der Waals surface area (Å²) in [7, 11) is 1.69. The number of aliphatic hydroxyl groups excluding tert-OH is 1. The van der Waals surface area contributed by atoms with Crippen LogP contribution in [0.2, 0.25) is 0 Å². The molecular formula is C22H29BrN2O4. The number of hydrogen-bond acceptors (Lipinski definition) is 6. The van der Waals surface area contributed by atoms with Gasteiger partial charge in [-0.1, -0.05) is 28.1 Å². The van der Waals surface area contributed by atoms with E-state index in [-0.39, 0.29) is 11.5 Å². The van der Waals surface area contributed by atoms with Crippen LogP contribution >= 0.6 is 15.9 Å². The van der Waals surface area contributed by atoms with Gasteiger partial charge in [0.15, 0.2) is 11.5 Å². The summed E-state index contributed by atoms with van der Waals surface area (Å²) < 4.78 is 18.6. The molecule has 3 heterocycles. The van der Waals surface area contributed by atoms with Crippen LogP contribution in [0.15, 0.2) is 22.7 Å². The molecule has 0 unspecified atom stereocenters. The number of morpholine rings is 1. The molecule has 3 aliphatic heterocycles. The first-order valence-electron chi connectivity index (χ1n) is 10.6. The molecule has 1 spiro atoms. The van der Waals surface area contributed by atoms with Gasteiger partial charge in [-0.25, -0.2) is 0 Å². The quantitative estimate of drug-likeness (QED) is 0.690. The summed E-state index contributed by atoms with van der Waals surface area (Å²) in [6.45, 7) is 7.74. The molecule has 1 N–H and O–H groups in total. The highest BCUT2D eigenvalue weighted by Crippen LogP contribution is 2.57. The van der Waals surface area contributed by atoms with Gasteiger partial charge in [-0.3, -0.25) is 9.80 Å². The van der Waals surface area contributed by atoms with Gasteiger partial charge < -0.3 is 19.3 Å². The van der Waals surface area contributed by atoms with Crippen molar-refractivity contribution in [3.8, 4) is 11.5 Å². The monoisotopic (exact) mass is 464 g/mol. The van der Waals surface area contributed by atoms with Crippen LogP contribution in [0.5, 0.6) is 11.5 Å². The maximum atomic E-state index is 10.2. The van der Waals surface area contributed by atoms with Crippen LogP contribution in [0.1, 0.15) is 24.0 Å². The Balaban J connectivity index is 1.48. The van der Waals surface area contributed by atoms with E-state index in [1.807, 2.05) is 12.1 Å². The molecule has 1 fully saturated rings. The third-order valence-electron chi connectivity index (χ3n) is 6.95. The van der Waals surface area contributed by atoms with Crippen molar-refractivity contribution in [1.82, 2.24) is 9.80 Å². The summed E-state index contributed by atoms with van der Waals surface area (Å²) in [5, 5.41) is 10.2. The molecule has 4 aliphatic rings. The fourth-order valence-corrected chi connectivity index (χ4v) is 5.85. The Labute approximate surface area is 180 Å². The Kier molecular flexibility index (Phi) is 5.37. The SMILES string of the molecule is COc1cc(Br)c2c3c1O[C@@H]1C[C@H](O)C=C[C@]31CCN(CCN1CCOCC1)C2. The Bertz CT molecular complexity index is 810. The van der Waals surface area contributed by atoms with E-state index in [4.69, 9.17) is 14.2 Å². The third kappa shape index (κ3) is 3.41. The fourth-order valence-electron chi connectivity index (χ4n) is 5.31. The maximum Gasteiger partial charge on any atom is 0.166 e. The molecule has 0 amide bonds. The highest BCUT2D eigenvalue weighted by atomic mass is 79.9. The number of halogens is 1. The molecule has 0 radical (unpaired) electrons.